The first-order valence-electron chi connectivity index (χ1n) is 9.64. The Morgan fingerprint density at radius 1 is 0.500 bits per heavy atom. The van der Waals surface area contributed by atoms with E-state index in [0.717, 1.165) is 58.4 Å². The highest BCUT2D eigenvalue weighted by Gasteiger charge is 2.12. The van der Waals surface area contributed by atoms with Crippen LogP contribution in [-0.2, 0) is 12.8 Å². The molecule has 138 valence electrons. The van der Waals surface area contributed by atoms with Crippen LogP contribution in [-0.4, -0.2) is 19.9 Å². The van der Waals surface area contributed by atoms with Gasteiger partial charge in [0.1, 0.15) is 11.6 Å². The molecule has 0 atom stereocenters. The van der Waals surface area contributed by atoms with Crippen molar-refractivity contribution in [1.29, 1.82) is 0 Å². The normalized spacial score (nSPS) is 10.8. The molecule has 0 aliphatic rings. The standard InChI is InChI=1S/C24H22N4/c1-3-23-25-19(17-11-7-5-8-12-17)15-21(27-23)22-16-20(26-24(4-2)28-22)18-13-9-6-10-14-18/h5-16H,3-4H2,1-2H3. The SMILES string of the molecule is CCc1nc(-c2ccccc2)cc(-c2cc(-c3ccccc3)nc(CC)n2)n1. The van der Waals surface area contributed by atoms with Crippen LogP contribution in [0.2, 0.25) is 0 Å². The molecule has 4 aromatic rings. The van der Waals surface area contributed by atoms with Gasteiger partial charge in [0.2, 0.25) is 0 Å². The van der Waals surface area contributed by atoms with Gasteiger partial charge in [-0.2, -0.15) is 0 Å². The molecule has 0 spiro atoms. The Kier molecular flexibility index (Phi) is 5.20. The maximum Gasteiger partial charge on any atom is 0.129 e. The van der Waals surface area contributed by atoms with E-state index >= 15 is 0 Å². The zero-order valence-electron chi connectivity index (χ0n) is 16.1. The Hall–Kier alpha value is -3.40. The number of benzene rings is 2. The lowest BCUT2D eigenvalue weighted by atomic mass is 10.1. The highest BCUT2D eigenvalue weighted by molar-refractivity contribution is 5.69. The second-order valence-electron chi connectivity index (χ2n) is 6.55. The van der Waals surface area contributed by atoms with E-state index in [4.69, 9.17) is 19.9 Å². The summed E-state index contributed by atoms with van der Waals surface area (Å²) in [4.78, 5) is 18.9. The summed E-state index contributed by atoms with van der Waals surface area (Å²) in [5.74, 6) is 1.63. The quantitative estimate of drug-likeness (QED) is 0.475. The van der Waals surface area contributed by atoms with Crippen molar-refractivity contribution in [3.63, 3.8) is 0 Å². The third kappa shape index (κ3) is 3.81. The Labute approximate surface area is 165 Å². The lowest BCUT2D eigenvalue weighted by Crippen LogP contribution is -2.02. The molecule has 2 aromatic carbocycles. The molecule has 4 nitrogen and oxygen atoms in total. The molecule has 2 aromatic heterocycles. The van der Waals surface area contributed by atoms with Crippen molar-refractivity contribution in [2.75, 3.05) is 0 Å². The predicted octanol–water partition coefficient (Wildman–Crippen LogP) is 5.39. The zero-order valence-corrected chi connectivity index (χ0v) is 16.1. The molecule has 28 heavy (non-hydrogen) atoms. The van der Waals surface area contributed by atoms with E-state index in [1.165, 1.54) is 0 Å². The molecular formula is C24H22N4. The second kappa shape index (κ2) is 8.09. The Balaban J connectivity index is 1.86. The van der Waals surface area contributed by atoms with Gasteiger partial charge in [0.05, 0.1) is 22.8 Å². The molecule has 0 radical (unpaired) electrons. The lowest BCUT2D eigenvalue weighted by molar-refractivity contribution is 0.924. The van der Waals surface area contributed by atoms with Gasteiger partial charge in [-0.15, -0.1) is 0 Å². The molecule has 2 heterocycles. The molecule has 0 amide bonds. The van der Waals surface area contributed by atoms with E-state index < -0.39 is 0 Å². The summed E-state index contributed by atoms with van der Waals surface area (Å²) in [6.45, 7) is 4.14. The van der Waals surface area contributed by atoms with Crippen LogP contribution in [0.4, 0.5) is 0 Å². The molecular weight excluding hydrogens is 344 g/mol. The maximum absolute atomic E-state index is 4.76. The van der Waals surface area contributed by atoms with Gasteiger partial charge in [0.25, 0.3) is 0 Å². The van der Waals surface area contributed by atoms with Gasteiger partial charge in [-0.05, 0) is 12.1 Å². The van der Waals surface area contributed by atoms with E-state index in [1.54, 1.807) is 0 Å². The van der Waals surface area contributed by atoms with Crippen molar-refractivity contribution in [1.82, 2.24) is 19.9 Å². The topological polar surface area (TPSA) is 51.6 Å². The van der Waals surface area contributed by atoms with E-state index in [9.17, 15) is 0 Å². The summed E-state index contributed by atoms with van der Waals surface area (Å²) in [6.07, 6.45) is 1.54. The van der Waals surface area contributed by atoms with E-state index in [2.05, 4.69) is 38.1 Å². The van der Waals surface area contributed by atoms with Crippen LogP contribution >= 0.6 is 0 Å². The average Bonchev–Trinajstić information content (AvgIpc) is 2.79. The second-order valence-corrected chi connectivity index (χ2v) is 6.55. The molecule has 0 saturated heterocycles. The van der Waals surface area contributed by atoms with Crippen LogP contribution in [0.25, 0.3) is 33.9 Å². The first-order valence-corrected chi connectivity index (χ1v) is 9.64. The fraction of sp³-hybridized carbons (Fsp3) is 0.167. The molecule has 0 bridgehead atoms. The Morgan fingerprint density at radius 2 is 0.857 bits per heavy atom. The number of rotatable bonds is 5. The van der Waals surface area contributed by atoms with Gasteiger partial charge in [0.15, 0.2) is 0 Å². The molecule has 4 rings (SSSR count). The molecule has 0 unspecified atom stereocenters. The largest absolute Gasteiger partial charge is 0.233 e. The van der Waals surface area contributed by atoms with Crippen molar-refractivity contribution in [2.24, 2.45) is 0 Å². The van der Waals surface area contributed by atoms with Gasteiger partial charge in [-0.25, -0.2) is 19.9 Å². The third-order valence-corrected chi connectivity index (χ3v) is 4.58. The fourth-order valence-electron chi connectivity index (χ4n) is 3.09. The van der Waals surface area contributed by atoms with Crippen molar-refractivity contribution < 1.29 is 0 Å². The van der Waals surface area contributed by atoms with Crippen LogP contribution < -0.4 is 0 Å². The van der Waals surface area contributed by atoms with Crippen LogP contribution in [0.3, 0.4) is 0 Å². The lowest BCUT2D eigenvalue weighted by Gasteiger charge is -2.10. The van der Waals surface area contributed by atoms with Gasteiger partial charge in [-0.3, -0.25) is 0 Å². The van der Waals surface area contributed by atoms with Crippen molar-refractivity contribution in [2.45, 2.75) is 26.7 Å². The summed E-state index contributed by atoms with van der Waals surface area (Å²) in [5.41, 5.74) is 5.66. The summed E-state index contributed by atoms with van der Waals surface area (Å²) < 4.78 is 0. The molecule has 0 N–H and O–H groups in total. The molecule has 0 saturated carbocycles. The number of hydrogen-bond donors (Lipinski definition) is 0. The number of aryl methyl sites for hydroxylation is 2. The molecule has 0 aliphatic heterocycles. The molecule has 4 heteroatoms. The summed E-state index contributed by atoms with van der Waals surface area (Å²) in [7, 11) is 0. The predicted molar refractivity (Wildman–Crippen MR) is 113 cm³/mol. The summed E-state index contributed by atoms with van der Waals surface area (Å²) >= 11 is 0. The van der Waals surface area contributed by atoms with Crippen LogP contribution in [0.1, 0.15) is 25.5 Å². The molecule has 0 fully saturated rings. The maximum atomic E-state index is 4.76. The van der Waals surface area contributed by atoms with Gasteiger partial charge in [-0.1, -0.05) is 74.5 Å². The fourth-order valence-corrected chi connectivity index (χ4v) is 3.09. The third-order valence-electron chi connectivity index (χ3n) is 4.58. The van der Waals surface area contributed by atoms with Crippen molar-refractivity contribution >= 4 is 0 Å². The van der Waals surface area contributed by atoms with Crippen molar-refractivity contribution in [3.05, 3.63) is 84.4 Å². The highest BCUT2D eigenvalue weighted by atomic mass is 14.9. The van der Waals surface area contributed by atoms with Gasteiger partial charge >= 0.3 is 0 Å². The average molecular weight is 366 g/mol. The minimum atomic E-state index is 0.769. The zero-order chi connectivity index (χ0) is 19.3. The minimum Gasteiger partial charge on any atom is -0.233 e. The van der Waals surface area contributed by atoms with Crippen molar-refractivity contribution in [3.8, 4) is 33.9 Å². The summed E-state index contributed by atoms with van der Waals surface area (Å²) in [5, 5.41) is 0. The van der Waals surface area contributed by atoms with Gasteiger partial charge in [0, 0.05) is 24.0 Å². The first kappa shape index (κ1) is 18.0. The van der Waals surface area contributed by atoms with Gasteiger partial charge < -0.3 is 0 Å². The number of aromatic nitrogens is 4. The number of nitrogens with zero attached hydrogens (tertiary/aromatic N) is 4. The highest BCUT2D eigenvalue weighted by Crippen LogP contribution is 2.26. The van der Waals surface area contributed by atoms with Crippen LogP contribution in [0.15, 0.2) is 72.8 Å². The van der Waals surface area contributed by atoms with Crippen LogP contribution in [0, 0.1) is 0 Å². The van der Waals surface area contributed by atoms with Crippen LogP contribution in [0.5, 0.6) is 0 Å². The minimum absolute atomic E-state index is 0.769. The van der Waals surface area contributed by atoms with E-state index in [-0.39, 0.29) is 0 Å². The smallest absolute Gasteiger partial charge is 0.129 e. The van der Waals surface area contributed by atoms with E-state index in [1.807, 2.05) is 48.5 Å². The first-order chi connectivity index (χ1) is 13.8. The number of hydrogen-bond acceptors (Lipinski definition) is 4. The Bertz CT molecular complexity index is 987. The molecule has 0 aliphatic carbocycles. The Morgan fingerprint density at radius 3 is 1.21 bits per heavy atom. The van der Waals surface area contributed by atoms with E-state index in [0.29, 0.717) is 0 Å². The monoisotopic (exact) mass is 366 g/mol. The summed E-state index contributed by atoms with van der Waals surface area (Å²) in [6, 6.07) is 24.4.